The van der Waals surface area contributed by atoms with Crippen molar-refractivity contribution in [3.8, 4) is 17.2 Å². The maximum absolute atomic E-state index is 13.8. The first-order valence-electron chi connectivity index (χ1n) is 12.7. The Morgan fingerprint density at radius 1 is 0.923 bits per heavy atom. The van der Waals surface area contributed by atoms with E-state index in [4.69, 9.17) is 28.7 Å². The lowest BCUT2D eigenvalue weighted by Gasteiger charge is -2.36. The van der Waals surface area contributed by atoms with Crippen LogP contribution >= 0.6 is 0 Å². The lowest BCUT2D eigenvalue weighted by atomic mass is 9.69. The molecule has 1 unspecified atom stereocenters. The molecule has 3 atom stereocenters. The van der Waals surface area contributed by atoms with E-state index in [1.54, 1.807) is 32.2 Å². The number of aliphatic imine (C=N–C) groups is 1. The third-order valence-corrected chi connectivity index (χ3v) is 7.06. The van der Waals surface area contributed by atoms with Crippen LogP contribution in [0.25, 0.3) is 0 Å². The highest BCUT2D eigenvalue weighted by atomic mass is 16.6. The van der Waals surface area contributed by atoms with E-state index in [2.05, 4.69) is 0 Å². The molecule has 2 aromatic carbocycles. The van der Waals surface area contributed by atoms with Gasteiger partial charge in [0.15, 0.2) is 17.3 Å². The summed E-state index contributed by atoms with van der Waals surface area (Å²) in [4.78, 5) is 43.5. The number of rotatable bonds is 9. The summed E-state index contributed by atoms with van der Waals surface area (Å²) in [5.74, 6) is -1.25. The van der Waals surface area contributed by atoms with Crippen LogP contribution in [-0.4, -0.2) is 58.0 Å². The highest BCUT2D eigenvalue weighted by molar-refractivity contribution is 6.09. The molecule has 0 N–H and O–H groups in total. The van der Waals surface area contributed by atoms with Gasteiger partial charge in [0, 0.05) is 43.4 Å². The highest BCUT2D eigenvalue weighted by Gasteiger charge is 2.45. The molecule has 39 heavy (non-hydrogen) atoms. The smallest absolute Gasteiger partial charge is 0.315 e. The van der Waals surface area contributed by atoms with Crippen LogP contribution in [0.2, 0.25) is 0 Å². The number of hydrogen-bond acceptors (Lipinski definition) is 9. The van der Waals surface area contributed by atoms with E-state index in [9.17, 15) is 14.4 Å². The minimum absolute atomic E-state index is 0.0505. The van der Waals surface area contributed by atoms with Gasteiger partial charge in [-0.3, -0.25) is 19.4 Å². The number of methoxy groups -OCH3 is 3. The summed E-state index contributed by atoms with van der Waals surface area (Å²) in [6, 6.07) is 12.7. The molecule has 0 radical (unpaired) electrons. The standard InChI is InChI=1S/C30H33NO8/c1-17-27(30(34)38-13-12-35-3)28(20-8-11-25(39-18(2)32)26(16-20)37-5)29-23(31-17)14-21(15-24(29)33)19-6-9-22(36-4)10-7-19/h6-11,16,21,27-28H,12-15H2,1-5H3/t21-,27?,28-/m1/s1. The second kappa shape index (κ2) is 12.3. The van der Waals surface area contributed by atoms with E-state index in [0.29, 0.717) is 34.7 Å². The fourth-order valence-corrected chi connectivity index (χ4v) is 5.27. The van der Waals surface area contributed by atoms with Crippen molar-refractivity contribution in [2.75, 3.05) is 34.5 Å². The molecule has 1 aliphatic carbocycles. The molecule has 2 aliphatic rings. The number of benzene rings is 2. The van der Waals surface area contributed by atoms with Crippen LogP contribution in [-0.2, 0) is 23.9 Å². The van der Waals surface area contributed by atoms with Gasteiger partial charge in [-0.05, 0) is 54.7 Å². The number of carbonyl (C=O) groups is 3. The van der Waals surface area contributed by atoms with Crippen LogP contribution in [0, 0.1) is 5.92 Å². The van der Waals surface area contributed by atoms with Crippen LogP contribution in [0.3, 0.4) is 0 Å². The van der Waals surface area contributed by atoms with E-state index in [0.717, 1.165) is 11.3 Å². The topological polar surface area (TPSA) is 110 Å². The van der Waals surface area contributed by atoms with Crippen LogP contribution in [0.1, 0.15) is 49.7 Å². The summed E-state index contributed by atoms with van der Waals surface area (Å²) in [5, 5.41) is 0. The Morgan fingerprint density at radius 3 is 2.28 bits per heavy atom. The Kier molecular flexibility index (Phi) is 8.81. The fourth-order valence-electron chi connectivity index (χ4n) is 5.27. The van der Waals surface area contributed by atoms with Crippen molar-refractivity contribution in [2.45, 2.75) is 38.5 Å². The molecule has 1 heterocycles. The molecule has 9 nitrogen and oxygen atoms in total. The average molecular weight is 536 g/mol. The van der Waals surface area contributed by atoms with Gasteiger partial charge in [0.25, 0.3) is 0 Å². The lowest BCUT2D eigenvalue weighted by Crippen LogP contribution is -2.38. The second-order valence-electron chi connectivity index (χ2n) is 9.53. The van der Waals surface area contributed by atoms with Gasteiger partial charge >= 0.3 is 11.9 Å². The van der Waals surface area contributed by atoms with Crippen LogP contribution in [0.4, 0.5) is 0 Å². The first-order valence-corrected chi connectivity index (χ1v) is 12.7. The molecule has 0 bridgehead atoms. The van der Waals surface area contributed by atoms with Crippen molar-refractivity contribution < 1.29 is 38.1 Å². The number of carbonyl (C=O) groups excluding carboxylic acids is 3. The number of ether oxygens (including phenoxy) is 5. The van der Waals surface area contributed by atoms with Gasteiger partial charge in [-0.2, -0.15) is 0 Å². The van der Waals surface area contributed by atoms with Gasteiger partial charge in [0.2, 0.25) is 0 Å². The quantitative estimate of drug-likeness (QED) is 0.264. The zero-order valence-corrected chi connectivity index (χ0v) is 22.8. The minimum atomic E-state index is -0.814. The molecule has 9 heteroatoms. The molecular formula is C30H33NO8. The molecule has 0 fully saturated rings. The van der Waals surface area contributed by atoms with E-state index >= 15 is 0 Å². The van der Waals surface area contributed by atoms with Crippen molar-refractivity contribution in [3.63, 3.8) is 0 Å². The van der Waals surface area contributed by atoms with Crippen LogP contribution < -0.4 is 14.2 Å². The van der Waals surface area contributed by atoms with E-state index < -0.39 is 23.8 Å². The average Bonchev–Trinajstić information content (AvgIpc) is 2.92. The van der Waals surface area contributed by atoms with Gasteiger partial charge in [-0.25, -0.2) is 0 Å². The number of ketones is 1. The van der Waals surface area contributed by atoms with Crippen molar-refractivity contribution in [1.29, 1.82) is 0 Å². The molecule has 0 amide bonds. The normalized spacial score (nSPS) is 20.6. The molecule has 0 aromatic heterocycles. The van der Waals surface area contributed by atoms with Gasteiger partial charge in [-0.1, -0.05) is 18.2 Å². The third kappa shape index (κ3) is 6.04. The highest BCUT2D eigenvalue weighted by Crippen LogP contribution is 2.48. The Bertz CT molecular complexity index is 1310. The second-order valence-corrected chi connectivity index (χ2v) is 9.53. The number of hydrogen-bond donors (Lipinski definition) is 0. The molecule has 0 saturated heterocycles. The lowest BCUT2D eigenvalue weighted by molar-refractivity contribution is -0.147. The molecule has 206 valence electrons. The van der Waals surface area contributed by atoms with Crippen molar-refractivity contribution in [2.24, 2.45) is 10.9 Å². The number of allylic oxidation sites excluding steroid dienone is 2. The van der Waals surface area contributed by atoms with E-state index in [-0.39, 0.29) is 37.1 Å². The molecule has 2 aromatic rings. The van der Waals surface area contributed by atoms with E-state index in [1.807, 2.05) is 24.3 Å². The number of esters is 2. The first kappa shape index (κ1) is 28.0. The van der Waals surface area contributed by atoms with Crippen molar-refractivity contribution >= 4 is 23.4 Å². The van der Waals surface area contributed by atoms with Gasteiger partial charge in [0.1, 0.15) is 18.3 Å². The molecular weight excluding hydrogens is 502 g/mol. The van der Waals surface area contributed by atoms with Gasteiger partial charge in [0.05, 0.1) is 20.8 Å². The first-order chi connectivity index (χ1) is 18.8. The SMILES string of the molecule is COCCOC(=O)C1C(C)=NC2=C(C(=O)C[C@H](c3ccc(OC)cc3)C2)[C@@H]1c1ccc(OC(C)=O)c(OC)c1. The summed E-state index contributed by atoms with van der Waals surface area (Å²) >= 11 is 0. The Morgan fingerprint density at radius 2 is 1.64 bits per heavy atom. The Hall–Kier alpha value is -3.98. The predicted molar refractivity (Wildman–Crippen MR) is 143 cm³/mol. The number of nitrogens with zero attached hydrogens (tertiary/aromatic N) is 1. The van der Waals surface area contributed by atoms with Gasteiger partial charge in [-0.15, -0.1) is 0 Å². The zero-order chi connectivity index (χ0) is 28.1. The zero-order valence-electron chi connectivity index (χ0n) is 22.8. The summed E-state index contributed by atoms with van der Waals surface area (Å²) in [6.07, 6.45) is 0.833. The Labute approximate surface area is 227 Å². The monoisotopic (exact) mass is 535 g/mol. The van der Waals surface area contributed by atoms with Gasteiger partial charge < -0.3 is 23.7 Å². The van der Waals surface area contributed by atoms with Crippen LogP contribution in [0.5, 0.6) is 17.2 Å². The summed E-state index contributed by atoms with van der Waals surface area (Å²) in [7, 11) is 4.60. The summed E-state index contributed by atoms with van der Waals surface area (Å²) in [5.41, 5.74) is 3.41. The third-order valence-electron chi connectivity index (χ3n) is 7.06. The molecule has 0 saturated carbocycles. The largest absolute Gasteiger partial charge is 0.497 e. The van der Waals surface area contributed by atoms with E-state index in [1.165, 1.54) is 21.1 Å². The molecule has 4 rings (SSSR count). The molecule has 0 spiro atoms. The van der Waals surface area contributed by atoms with Crippen LogP contribution in [0.15, 0.2) is 58.7 Å². The molecule has 1 aliphatic heterocycles. The van der Waals surface area contributed by atoms with Crippen molar-refractivity contribution in [3.05, 3.63) is 64.9 Å². The maximum atomic E-state index is 13.8. The minimum Gasteiger partial charge on any atom is -0.497 e. The maximum Gasteiger partial charge on any atom is 0.315 e. The number of Topliss-reactive ketones (excluding diaryl/α,β-unsaturated/α-hetero) is 1. The summed E-state index contributed by atoms with van der Waals surface area (Å²) in [6.45, 7) is 3.42. The predicted octanol–water partition coefficient (Wildman–Crippen LogP) is 4.39. The Balaban J connectivity index is 1.77. The fraction of sp³-hybridized carbons (Fsp3) is 0.400. The van der Waals surface area contributed by atoms with Crippen molar-refractivity contribution in [1.82, 2.24) is 0 Å². The summed E-state index contributed by atoms with van der Waals surface area (Å²) < 4.78 is 26.6.